The number of hydrogen-bond acceptors (Lipinski definition) is 5. The number of unbranched alkanes of at least 4 members (excludes halogenated alkanes) is 7. The van der Waals surface area contributed by atoms with Crippen molar-refractivity contribution < 1.29 is 34.2 Å². The van der Waals surface area contributed by atoms with Gasteiger partial charge >= 0.3 is 11.9 Å². The lowest BCUT2D eigenvalue weighted by Gasteiger charge is -2.13. The molecule has 0 fully saturated rings. The summed E-state index contributed by atoms with van der Waals surface area (Å²) >= 11 is 0. The van der Waals surface area contributed by atoms with Gasteiger partial charge in [-0.05, 0) is 12.8 Å². The van der Waals surface area contributed by atoms with Gasteiger partial charge < -0.3 is 15.5 Å². The van der Waals surface area contributed by atoms with E-state index in [0.29, 0.717) is 13.0 Å². The highest BCUT2D eigenvalue weighted by Crippen LogP contribution is 2.11. The molecule has 9 nitrogen and oxygen atoms in total. The molecule has 0 saturated heterocycles. The molecule has 1 rings (SSSR count). The normalized spacial score (nSPS) is 14.4. The molecule has 0 bridgehead atoms. The van der Waals surface area contributed by atoms with E-state index in [1.54, 1.807) is 0 Å². The molecule has 0 aromatic carbocycles. The van der Waals surface area contributed by atoms with Crippen LogP contribution in [-0.4, -0.2) is 57.4 Å². The van der Waals surface area contributed by atoms with Crippen LogP contribution in [0.25, 0.3) is 0 Å². The Bertz CT molecular complexity index is 597. The second-order valence-corrected chi connectivity index (χ2v) is 6.80. The Kier molecular flexibility index (Phi) is 10.5. The van der Waals surface area contributed by atoms with E-state index in [4.69, 9.17) is 10.2 Å². The molecule has 0 unspecified atom stereocenters. The maximum atomic E-state index is 11.7. The number of nitrogens with zero attached hydrogens (tertiary/aromatic N) is 1. The van der Waals surface area contributed by atoms with Crippen LogP contribution in [0.1, 0.15) is 64.2 Å². The van der Waals surface area contributed by atoms with E-state index >= 15 is 0 Å². The number of hydrogen-bond donors (Lipinski definition) is 3. The lowest BCUT2D eigenvalue weighted by molar-refractivity contribution is -0.147. The number of aliphatic carboxylic acids is 2. The molecule has 9 heteroatoms. The van der Waals surface area contributed by atoms with Gasteiger partial charge in [-0.3, -0.25) is 24.1 Å². The Labute approximate surface area is 163 Å². The maximum Gasteiger partial charge on any atom is 0.326 e. The van der Waals surface area contributed by atoms with Crippen LogP contribution in [0.3, 0.4) is 0 Å². The molecule has 0 spiro atoms. The van der Waals surface area contributed by atoms with E-state index in [1.165, 1.54) is 17.1 Å². The summed E-state index contributed by atoms with van der Waals surface area (Å²) in [5.41, 5.74) is 0. The van der Waals surface area contributed by atoms with Crippen molar-refractivity contribution in [1.29, 1.82) is 0 Å². The second kappa shape index (κ2) is 12.6. The van der Waals surface area contributed by atoms with E-state index < -0.39 is 30.3 Å². The molecular formula is C19H28N2O7. The summed E-state index contributed by atoms with van der Waals surface area (Å²) in [7, 11) is 0. The highest BCUT2D eigenvalue weighted by atomic mass is 16.4. The molecule has 0 saturated carbocycles. The lowest BCUT2D eigenvalue weighted by Crippen LogP contribution is -2.42. The second-order valence-electron chi connectivity index (χ2n) is 6.80. The van der Waals surface area contributed by atoms with Crippen LogP contribution in [0.4, 0.5) is 0 Å². The summed E-state index contributed by atoms with van der Waals surface area (Å²) in [6.45, 7) is 0.457. The smallest absolute Gasteiger partial charge is 0.326 e. The van der Waals surface area contributed by atoms with Crippen LogP contribution < -0.4 is 5.32 Å². The van der Waals surface area contributed by atoms with Crippen molar-refractivity contribution in [1.82, 2.24) is 10.2 Å². The molecule has 3 amide bonds. The van der Waals surface area contributed by atoms with Gasteiger partial charge in [-0.25, -0.2) is 4.79 Å². The van der Waals surface area contributed by atoms with Gasteiger partial charge in [0.05, 0.1) is 6.42 Å². The first-order valence-corrected chi connectivity index (χ1v) is 9.58. The van der Waals surface area contributed by atoms with Crippen molar-refractivity contribution in [2.24, 2.45) is 0 Å². The average molecular weight is 396 g/mol. The zero-order valence-electron chi connectivity index (χ0n) is 15.9. The minimum atomic E-state index is -1.40. The number of nitrogens with one attached hydrogen (secondary N) is 1. The topological polar surface area (TPSA) is 141 Å². The Hall–Kier alpha value is -2.71. The highest BCUT2D eigenvalue weighted by molar-refractivity contribution is 6.12. The molecule has 28 heavy (non-hydrogen) atoms. The van der Waals surface area contributed by atoms with Crippen LogP contribution in [-0.2, 0) is 24.0 Å². The van der Waals surface area contributed by atoms with Crippen LogP contribution in [0, 0.1) is 0 Å². The maximum absolute atomic E-state index is 11.7. The molecule has 0 aromatic heterocycles. The number of carbonyl (C=O) groups excluding carboxylic acids is 3. The largest absolute Gasteiger partial charge is 0.481 e. The number of rotatable bonds is 15. The van der Waals surface area contributed by atoms with Gasteiger partial charge in [-0.1, -0.05) is 38.5 Å². The van der Waals surface area contributed by atoms with Crippen LogP contribution in [0.15, 0.2) is 12.2 Å². The molecule has 1 heterocycles. The summed E-state index contributed by atoms with van der Waals surface area (Å²) in [4.78, 5) is 57.1. The van der Waals surface area contributed by atoms with Crippen molar-refractivity contribution in [3.8, 4) is 0 Å². The minimum absolute atomic E-state index is 0.176. The molecule has 1 aliphatic rings. The van der Waals surface area contributed by atoms with E-state index in [0.717, 1.165) is 44.9 Å². The molecular weight excluding hydrogens is 368 g/mol. The summed E-state index contributed by atoms with van der Waals surface area (Å²) in [6, 6.07) is -1.40. The zero-order chi connectivity index (χ0) is 20.9. The Morgan fingerprint density at radius 1 is 0.857 bits per heavy atom. The number of carboxylic acid groups (broad SMARTS) is 2. The standard InChI is InChI=1S/C19H28N2O7/c22-15(20-14(19(27)28)13-18(25)26)9-7-5-3-1-2-4-6-8-12-21-16(23)10-11-17(21)24/h10-11,14H,1-9,12-13H2,(H,20,22)(H,25,26)(H,27,28)/t14-/m0/s1. The third-order valence-electron chi connectivity index (χ3n) is 4.45. The van der Waals surface area contributed by atoms with Crippen molar-refractivity contribution in [2.45, 2.75) is 70.3 Å². The monoisotopic (exact) mass is 396 g/mol. The van der Waals surface area contributed by atoms with E-state index in [1.807, 2.05) is 0 Å². The zero-order valence-corrected chi connectivity index (χ0v) is 15.9. The molecule has 0 aliphatic carbocycles. The number of imide groups is 1. The van der Waals surface area contributed by atoms with Crippen molar-refractivity contribution in [3.05, 3.63) is 12.2 Å². The minimum Gasteiger partial charge on any atom is -0.481 e. The predicted molar refractivity (Wildman–Crippen MR) is 99.2 cm³/mol. The third kappa shape index (κ3) is 9.29. The fourth-order valence-corrected chi connectivity index (χ4v) is 2.91. The highest BCUT2D eigenvalue weighted by Gasteiger charge is 2.23. The third-order valence-corrected chi connectivity index (χ3v) is 4.45. The number of carbonyl (C=O) groups is 5. The quantitative estimate of drug-likeness (QED) is 0.281. The molecule has 1 atom stereocenters. The molecule has 3 N–H and O–H groups in total. The summed E-state index contributed by atoms with van der Waals surface area (Å²) < 4.78 is 0. The van der Waals surface area contributed by atoms with E-state index in [9.17, 15) is 24.0 Å². The van der Waals surface area contributed by atoms with E-state index in [2.05, 4.69) is 5.32 Å². The SMILES string of the molecule is O=C(O)C[C@H](NC(=O)CCCCCCCCCCN1C(=O)C=CC1=O)C(=O)O. The number of amides is 3. The average Bonchev–Trinajstić information content (AvgIpc) is 2.94. The Morgan fingerprint density at radius 3 is 1.86 bits per heavy atom. The van der Waals surface area contributed by atoms with Gasteiger partial charge in [0.1, 0.15) is 6.04 Å². The summed E-state index contributed by atoms with van der Waals surface area (Å²) in [6.07, 6.45) is 9.33. The lowest BCUT2D eigenvalue weighted by atomic mass is 10.1. The van der Waals surface area contributed by atoms with Gasteiger partial charge in [0, 0.05) is 25.1 Å². The number of carboxylic acids is 2. The van der Waals surface area contributed by atoms with Gasteiger partial charge in [0.15, 0.2) is 0 Å². The fourth-order valence-electron chi connectivity index (χ4n) is 2.91. The first kappa shape index (κ1) is 23.3. The predicted octanol–water partition coefficient (Wildman–Crippen LogP) is 1.47. The fraction of sp³-hybridized carbons (Fsp3) is 0.632. The molecule has 156 valence electrons. The molecule has 0 aromatic rings. The van der Waals surface area contributed by atoms with Crippen LogP contribution >= 0.6 is 0 Å². The van der Waals surface area contributed by atoms with Crippen LogP contribution in [0.5, 0.6) is 0 Å². The summed E-state index contributed by atoms with van der Waals surface area (Å²) in [5, 5.41) is 19.7. The van der Waals surface area contributed by atoms with Crippen molar-refractivity contribution in [3.63, 3.8) is 0 Å². The van der Waals surface area contributed by atoms with E-state index in [-0.39, 0.29) is 18.2 Å². The first-order chi connectivity index (χ1) is 13.3. The van der Waals surface area contributed by atoms with Crippen molar-refractivity contribution in [2.75, 3.05) is 6.54 Å². The van der Waals surface area contributed by atoms with Crippen molar-refractivity contribution >= 4 is 29.7 Å². The van der Waals surface area contributed by atoms with Gasteiger partial charge in [0.2, 0.25) is 5.91 Å². The Balaban J connectivity index is 1.97. The van der Waals surface area contributed by atoms with Crippen LogP contribution in [0.2, 0.25) is 0 Å². The van der Waals surface area contributed by atoms with Gasteiger partial charge in [0.25, 0.3) is 11.8 Å². The summed E-state index contributed by atoms with van der Waals surface area (Å²) in [5.74, 6) is -3.57. The molecule has 0 radical (unpaired) electrons. The van der Waals surface area contributed by atoms with Gasteiger partial charge in [-0.15, -0.1) is 0 Å². The molecule has 1 aliphatic heterocycles. The van der Waals surface area contributed by atoms with Gasteiger partial charge in [-0.2, -0.15) is 0 Å². The first-order valence-electron chi connectivity index (χ1n) is 9.58. The Morgan fingerprint density at radius 2 is 1.36 bits per heavy atom.